The predicted molar refractivity (Wildman–Crippen MR) is 67.3 cm³/mol. The zero-order valence-corrected chi connectivity index (χ0v) is 10.4. The van der Waals surface area contributed by atoms with Crippen molar-refractivity contribution in [3.8, 4) is 5.75 Å². The van der Waals surface area contributed by atoms with Gasteiger partial charge in [0, 0.05) is 0 Å². The summed E-state index contributed by atoms with van der Waals surface area (Å²) in [6.45, 7) is -0.467. The highest BCUT2D eigenvalue weighted by molar-refractivity contribution is 5.29. The van der Waals surface area contributed by atoms with E-state index in [1.165, 1.54) is 5.56 Å². The van der Waals surface area contributed by atoms with Crippen molar-refractivity contribution in [3.05, 3.63) is 29.8 Å². The molecule has 1 aromatic rings. The molecule has 0 atom stereocenters. The average molecular weight is 252 g/mol. The number of hydrogen-bond donors (Lipinski definition) is 2. The van der Waals surface area contributed by atoms with Crippen LogP contribution < -0.4 is 4.74 Å². The highest BCUT2D eigenvalue weighted by Gasteiger charge is 2.22. The molecule has 0 spiro atoms. The summed E-state index contributed by atoms with van der Waals surface area (Å²) < 4.78 is 10.2. The monoisotopic (exact) mass is 252 g/mol. The van der Waals surface area contributed by atoms with Crippen LogP contribution in [-0.2, 0) is 4.74 Å². The van der Waals surface area contributed by atoms with Crippen molar-refractivity contribution in [1.82, 2.24) is 0 Å². The Morgan fingerprint density at radius 2 is 1.61 bits per heavy atom. The second-order valence-electron chi connectivity index (χ2n) is 4.61. The van der Waals surface area contributed by atoms with Crippen LogP contribution in [0.3, 0.4) is 0 Å². The summed E-state index contributed by atoms with van der Waals surface area (Å²) in [6, 6.07) is 7.90. The van der Waals surface area contributed by atoms with Gasteiger partial charge in [-0.2, -0.15) is 0 Å². The molecule has 0 unspecified atom stereocenters. The Hall–Kier alpha value is -1.10. The first-order valence-corrected chi connectivity index (χ1v) is 6.39. The molecule has 0 amide bonds. The molecule has 0 radical (unpaired) electrons. The summed E-state index contributed by atoms with van der Waals surface area (Å²) in [5.41, 5.74) is 1.31. The van der Waals surface area contributed by atoms with Gasteiger partial charge in [0.15, 0.2) is 6.79 Å². The molecule has 2 rings (SSSR count). The third-order valence-corrected chi connectivity index (χ3v) is 3.57. The van der Waals surface area contributed by atoms with Gasteiger partial charge in [-0.05, 0) is 49.3 Å². The van der Waals surface area contributed by atoms with E-state index in [2.05, 4.69) is 12.1 Å². The van der Waals surface area contributed by atoms with Gasteiger partial charge in [0.25, 0.3) is 0 Å². The summed E-state index contributed by atoms with van der Waals surface area (Å²) in [7, 11) is 0. The zero-order chi connectivity index (χ0) is 12.8. The van der Waals surface area contributed by atoms with Crippen molar-refractivity contribution in [2.75, 3.05) is 13.6 Å². The molecule has 0 heterocycles. The van der Waals surface area contributed by atoms with Gasteiger partial charge in [-0.25, -0.2) is 0 Å². The van der Waals surface area contributed by atoms with Gasteiger partial charge in [0.1, 0.15) is 12.5 Å². The maximum absolute atomic E-state index is 8.73. The largest absolute Gasteiger partial charge is 0.468 e. The van der Waals surface area contributed by atoms with Crippen molar-refractivity contribution < 1.29 is 19.7 Å². The van der Waals surface area contributed by atoms with Crippen LogP contribution in [-0.4, -0.2) is 29.9 Å². The van der Waals surface area contributed by atoms with E-state index in [1.54, 1.807) is 0 Å². The normalized spacial score (nSPS) is 23.9. The highest BCUT2D eigenvalue weighted by Crippen LogP contribution is 2.34. The Labute approximate surface area is 107 Å². The minimum atomic E-state index is -0.289. The number of aliphatic hydroxyl groups is 2. The maximum atomic E-state index is 8.73. The lowest BCUT2D eigenvalue weighted by Crippen LogP contribution is -2.21. The van der Waals surface area contributed by atoms with Gasteiger partial charge in [0.2, 0.25) is 0 Å². The number of aliphatic hydroxyl groups excluding tert-OH is 2. The first kappa shape index (κ1) is 13.3. The Kier molecular flexibility index (Phi) is 4.99. The van der Waals surface area contributed by atoms with E-state index in [-0.39, 0.29) is 19.7 Å². The van der Waals surface area contributed by atoms with Crippen LogP contribution >= 0.6 is 0 Å². The number of hydrogen-bond acceptors (Lipinski definition) is 4. The van der Waals surface area contributed by atoms with Crippen molar-refractivity contribution in [3.63, 3.8) is 0 Å². The fourth-order valence-corrected chi connectivity index (χ4v) is 2.58. The van der Waals surface area contributed by atoms with Gasteiger partial charge in [-0.15, -0.1) is 0 Å². The van der Waals surface area contributed by atoms with Gasteiger partial charge in [-0.3, -0.25) is 0 Å². The molecule has 0 bridgehead atoms. The summed E-state index contributed by atoms with van der Waals surface area (Å²) in [5, 5.41) is 17.4. The van der Waals surface area contributed by atoms with E-state index in [9.17, 15) is 0 Å². The smallest absolute Gasteiger partial charge is 0.186 e. The molecule has 1 fully saturated rings. The van der Waals surface area contributed by atoms with Crippen LogP contribution in [0.25, 0.3) is 0 Å². The fraction of sp³-hybridized carbons (Fsp3) is 0.571. The van der Waals surface area contributed by atoms with Gasteiger partial charge in [0.05, 0.1) is 6.10 Å². The molecule has 1 aromatic carbocycles. The first-order valence-electron chi connectivity index (χ1n) is 6.39. The van der Waals surface area contributed by atoms with Gasteiger partial charge < -0.3 is 19.7 Å². The van der Waals surface area contributed by atoms with Crippen molar-refractivity contribution in [2.45, 2.75) is 37.7 Å². The minimum absolute atomic E-state index is 0.178. The number of benzene rings is 1. The Morgan fingerprint density at radius 3 is 2.17 bits per heavy atom. The standard InChI is InChI=1S/C14H20O4/c15-9-17-13-5-1-11(2-6-13)12-3-7-14(8-4-12)18-10-16/h1-2,5-6,12,14-16H,3-4,7-10H2. The first-order chi connectivity index (χ1) is 8.83. The van der Waals surface area contributed by atoms with Crippen molar-refractivity contribution in [2.24, 2.45) is 0 Å². The number of rotatable bonds is 5. The molecule has 1 saturated carbocycles. The second-order valence-corrected chi connectivity index (χ2v) is 4.61. The summed E-state index contributed by atoms with van der Waals surface area (Å²) in [5.74, 6) is 1.25. The van der Waals surface area contributed by atoms with Crippen LogP contribution in [0.2, 0.25) is 0 Å². The molecular formula is C14H20O4. The SMILES string of the molecule is OCOc1ccc(C2CCC(OCO)CC2)cc1. The van der Waals surface area contributed by atoms with E-state index < -0.39 is 0 Å². The molecule has 4 heteroatoms. The number of ether oxygens (including phenoxy) is 2. The molecule has 4 nitrogen and oxygen atoms in total. The van der Waals surface area contributed by atoms with Crippen LogP contribution in [0, 0.1) is 0 Å². The molecule has 0 aromatic heterocycles. The van der Waals surface area contributed by atoms with E-state index in [4.69, 9.17) is 19.7 Å². The molecule has 2 N–H and O–H groups in total. The molecule has 18 heavy (non-hydrogen) atoms. The molecule has 1 aliphatic rings. The minimum Gasteiger partial charge on any atom is -0.468 e. The van der Waals surface area contributed by atoms with Crippen LogP contribution in [0.15, 0.2) is 24.3 Å². The molecule has 1 aliphatic carbocycles. The lowest BCUT2D eigenvalue weighted by atomic mass is 9.83. The molecule has 0 saturated heterocycles. The zero-order valence-electron chi connectivity index (χ0n) is 10.4. The fourth-order valence-electron chi connectivity index (χ4n) is 2.58. The van der Waals surface area contributed by atoms with Crippen molar-refractivity contribution >= 4 is 0 Å². The van der Waals surface area contributed by atoms with Gasteiger partial charge >= 0.3 is 0 Å². The second kappa shape index (κ2) is 6.73. The Balaban J connectivity index is 1.89. The molecule has 100 valence electrons. The summed E-state index contributed by atoms with van der Waals surface area (Å²) >= 11 is 0. The van der Waals surface area contributed by atoms with Crippen molar-refractivity contribution in [1.29, 1.82) is 0 Å². The van der Waals surface area contributed by atoms with E-state index in [1.807, 2.05) is 12.1 Å². The lowest BCUT2D eigenvalue weighted by Gasteiger charge is -2.28. The van der Waals surface area contributed by atoms with E-state index >= 15 is 0 Å². The van der Waals surface area contributed by atoms with Crippen LogP contribution in [0.5, 0.6) is 5.75 Å². The highest BCUT2D eigenvalue weighted by atomic mass is 16.6. The summed E-state index contributed by atoms with van der Waals surface area (Å²) in [6.07, 6.45) is 4.39. The lowest BCUT2D eigenvalue weighted by molar-refractivity contribution is -0.0640. The quantitative estimate of drug-likeness (QED) is 0.787. The molecule has 0 aliphatic heterocycles. The van der Waals surface area contributed by atoms with Gasteiger partial charge in [-0.1, -0.05) is 12.1 Å². The average Bonchev–Trinajstić information content (AvgIpc) is 2.41. The summed E-state index contributed by atoms with van der Waals surface area (Å²) in [4.78, 5) is 0. The Morgan fingerprint density at radius 1 is 0.944 bits per heavy atom. The third kappa shape index (κ3) is 3.45. The van der Waals surface area contributed by atoms with Crippen LogP contribution in [0.1, 0.15) is 37.2 Å². The maximum Gasteiger partial charge on any atom is 0.186 e. The van der Waals surface area contributed by atoms with Crippen LogP contribution in [0.4, 0.5) is 0 Å². The molecular weight excluding hydrogens is 232 g/mol. The predicted octanol–water partition coefficient (Wildman–Crippen LogP) is 2.01. The topological polar surface area (TPSA) is 58.9 Å². The third-order valence-electron chi connectivity index (χ3n) is 3.57. The Bertz CT molecular complexity index is 341. The van der Waals surface area contributed by atoms with E-state index in [0.29, 0.717) is 11.7 Å². The van der Waals surface area contributed by atoms with E-state index in [0.717, 1.165) is 25.7 Å².